The molecule has 0 aromatic carbocycles. The van der Waals surface area contributed by atoms with Crippen molar-refractivity contribution >= 4 is 27.4 Å². The molecule has 7 nitrogen and oxygen atoms in total. The molecule has 0 spiro atoms. The molecular weight excluding hydrogens is 292 g/mol. The van der Waals surface area contributed by atoms with Gasteiger partial charge in [-0.15, -0.1) is 11.3 Å². The highest BCUT2D eigenvalue weighted by molar-refractivity contribution is 7.18. The van der Waals surface area contributed by atoms with Gasteiger partial charge in [0.05, 0.1) is 5.39 Å². The highest BCUT2D eigenvalue weighted by Gasteiger charge is 2.20. The van der Waals surface area contributed by atoms with Gasteiger partial charge < -0.3 is 14.9 Å². The number of aromatic nitrogens is 3. The van der Waals surface area contributed by atoms with E-state index in [9.17, 15) is 10.1 Å². The van der Waals surface area contributed by atoms with Gasteiger partial charge in [-0.3, -0.25) is 0 Å². The van der Waals surface area contributed by atoms with E-state index >= 15 is 0 Å². The van der Waals surface area contributed by atoms with E-state index in [0.717, 1.165) is 20.7 Å². The third kappa shape index (κ3) is 2.29. The molecular formula is C13H10N4O3S. The van der Waals surface area contributed by atoms with Crippen LogP contribution in [0.5, 0.6) is 11.6 Å². The Morgan fingerprint density at radius 2 is 2.10 bits per heavy atom. The van der Waals surface area contributed by atoms with Crippen LogP contribution in [0.15, 0.2) is 24.7 Å². The Morgan fingerprint density at radius 3 is 2.86 bits per heavy atom. The Hall–Kier alpha value is -2.61. The zero-order chi connectivity index (χ0) is 15.0. The van der Waals surface area contributed by atoms with E-state index in [1.54, 1.807) is 6.07 Å². The van der Waals surface area contributed by atoms with Crippen LogP contribution in [0.1, 0.15) is 10.4 Å². The third-order valence-corrected chi connectivity index (χ3v) is 4.18. The summed E-state index contributed by atoms with van der Waals surface area (Å²) in [6, 6.07) is 3.07. The van der Waals surface area contributed by atoms with Crippen LogP contribution < -0.4 is 4.74 Å². The van der Waals surface area contributed by atoms with Crippen molar-refractivity contribution in [2.45, 2.75) is 13.8 Å². The summed E-state index contributed by atoms with van der Waals surface area (Å²) in [5.74, 6) is 0.0255. The predicted octanol–water partition coefficient (Wildman–Crippen LogP) is 3.40. The highest BCUT2D eigenvalue weighted by atomic mass is 32.1. The first kappa shape index (κ1) is 13.4. The molecule has 0 radical (unpaired) electrons. The van der Waals surface area contributed by atoms with E-state index in [-0.39, 0.29) is 11.6 Å². The number of hydrogen-bond donors (Lipinski definition) is 0. The molecule has 0 aliphatic rings. The van der Waals surface area contributed by atoms with Crippen LogP contribution in [0, 0.1) is 24.0 Å². The van der Waals surface area contributed by atoms with E-state index in [1.807, 2.05) is 13.8 Å². The van der Waals surface area contributed by atoms with Gasteiger partial charge in [0.15, 0.2) is 0 Å². The molecule has 3 aromatic heterocycles. The first-order valence-corrected chi connectivity index (χ1v) is 6.87. The van der Waals surface area contributed by atoms with E-state index < -0.39 is 4.92 Å². The van der Waals surface area contributed by atoms with Gasteiger partial charge in [0.1, 0.15) is 17.4 Å². The monoisotopic (exact) mass is 302 g/mol. The van der Waals surface area contributed by atoms with Crippen LogP contribution in [0.2, 0.25) is 0 Å². The lowest BCUT2D eigenvalue weighted by molar-refractivity contribution is -0.390. The average Bonchev–Trinajstić information content (AvgIpc) is 2.75. The average molecular weight is 302 g/mol. The number of fused-ring (bicyclic) bond motifs is 1. The number of nitrogens with zero attached hydrogens (tertiary/aromatic N) is 4. The molecule has 0 aliphatic carbocycles. The Balaban J connectivity index is 2.13. The van der Waals surface area contributed by atoms with Gasteiger partial charge in [-0.05, 0) is 41.5 Å². The molecule has 3 rings (SSSR count). The summed E-state index contributed by atoms with van der Waals surface area (Å²) in [7, 11) is 0. The lowest BCUT2D eigenvalue weighted by Gasteiger charge is -2.06. The lowest BCUT2D eigenvalue weighted by atomic mass is 10.2. The fraction of sp³-hybridized carbons (Fsp3) is 0.154. The number of hydrogen-bond acceptors (Lipinski definition) is 7. The van der Waals surface area contributed by atoms with Crippen molar-refractivity contribution < 1.29 is 9.66 Å². The minimum Gasteiger partial charge on any atom is -0.429 e. The number of pyridine rings is 1. The highest BCUT2D eigenvalue weighted by Crippen LogP contribution is 2.37. The first-order chi connectivity index (χ1) is 10.1. The van der Waals surface area contributed by atoms with Crippen molar-refractivity contribution in [1.82, 2.24) is 15.0 Å². The topological polar surface area (TPSA) is 91.0 Å². The van der Waals surface area contributed by atoms with E-state index in [4.69, 9.17) is 4.74 Å². The third-order valence-electron chi connectivity index (χ3n) is 3.06. The summed E-state index contributed by atoms with van der Waals surface area (Å²) in [4.78, 5) is 24.3. The van der Waals surface area contributed by atoms with Crippen LogP contribution in [0.4, 0.5) is 5.82 Å². The number of thiophene rings is 1. The molecule has 0 saturated heterocycles. The zero-order valence-corrected chi connectivity index (χ0v) is 12.0. The Morgan fingerprint density at radius 1 is 1.29 bits per heavy atom. The molecule has 21 heavy (non-hydrogen) atoms. The summed E-state index contributed by atoms with van der Waals surface area (Å²) in [5.41, 5.74) is 1.01. The molecule has 8 heteroatoms. The van der Waals surface area contributed by atoms with Crippen molar-refractivity contribution in [2.24, 2.45) is 0 Å². The van der Waals surface area contributed by atoms with Gasteiger partial charge in [0, 0.05) is 4.88 Å². The number of nitro groups is 1. The standard InChI is InChI=1S/C13H10N4O3S/c1-7-8(2)21-13-10(7)12(15-6-16-13)20-9-4-3-5-14-11(9)17(18)19/h3-6H,1-2H3. The summed E-state index contributed by atoms with van der Waals surface area (Å²) in [6.07, 6.45) is 2.73. The zero-order valence-electron chi connectivity index (χ0n) is 11.2. The molecule has 3 heterocycles. The summed E-state index contributed by atoms with van der Waals surface area (Å²) >= 11 is 1.53. The molecule has 106 valence electrons. The molecule has 0 unspecified atom stereocenters. The largest absolute Gasteiger partial charge is 0.429 e. The van der Waals surface area contributed by atoms with Gasteiger partial charge in [0.2, 0.25) is 11.6 Å². The van der Waals surface area contributed by atoms with E-state index in [2.05, 4.69) is 15.0 Å². The summed E-state index contributed by atoms with van der Waals surface area (Å²) in [5, 5.41) is 11.8. The SMILES string of the molecule is Cc1sc2ncnc(Oc3cccnc3[N+](=O)[O-])c2c1C. The van der Waals surface area contributed by atoms with Crippen molar-refractivity contribution in [3.63, 3.8) is 0 Å². The maximum atomic E-state index is 11.0. The van der Waals surface area contributed by atoms with Gasteiger partial charge in [-0.2, -0.15) is 0 Å². The predicted molar refractivity (Wildman–Crippen MR) is 77.9 cm³/mol. The van der Waals surface area contributed by atoms with E-state index in [0.29, 0.717) is 5.88 Å². The second-order valence-electron chi connectivity index (χ2n) is 4.33. The Bertz CT molecular complexity index is 847. The molecule has 0 amide bonds. The lowest BCUT2D eigenvalue weighted by Crippen LogP contribution is -1.97. The van der Waals surface area contributed by atoms with Crippen LogP contribution >= 0.6 is 11.3 Å². The van der Waals surface area contributed by atoms with Crippen molar-refractivity contribution in [3.8, 4) is 11.6 Å². The minimum absolute atomic E-state index is 0.0609. The Labute approximate surface area is 123 Å². The maximum Gasteiger partial charge on any atom is 0.406 e. The summed E-state index contributed by atoms with van der Waals surface area (Å²) in [6.45, 7) is 3.93. The molecule has 0 atom stereocenters. The second kappa shape index (κ2) is 5.06. The molecule has 0 N–H and O–H groups in total. The van der Waals surface area contributed by atoms with Crippen molar-refractivity contribution in [3.05, 3.63) is 45.2 Å². The van der Waals surface area contributed by atoms with Crippen molar-refractivity contribution in [1.29, 1.82) is 0 Å². The quantitative estimate of drug-likeness (QED) is 0.544. The van der Waals surface area contributed by atoms with Crippen molar-refractivity contribution in [2.75, 3.05) is 0 Å². The fourth-order valence-electron chi connectivity index (χ4n) is 1.93. The number of rotatable bonds is 3. The molecule has 0 bridgehead atoms. The van der Waals surface area contributed by atoms with Gasteiger partial charge in [-0.1, -0.05) is 0 Å². The van der Waals surface area contributed by atoms with Crippen LogP contribution in [0.25, 0.3) is 10.2 Å². The summed E-state index contributed by atoms with van der Waals surface area (Å²) < 4.78 is 5.63. The van der Waals surface area contributed by atoms with Gasteiger partial charge in [-0.25, -0.2) is 9.97 Å². The normalized spacial score (nSPS) is 10.8. The van der Waals surface area contributed by atoms with Crippen LogP contribution in [0.3, 0.4) is 0 Å². The first-order valence-electron chi connectivity index (χ1n) is 6.06. The van der Waals surface area contributed by atoms with E-state index in [1.165, 1.54) is 29.9 Å². The molecule has 3 aromatic rings. The van der Waals surface area contributed by atoms with Crippen LogP contribution in [-0.4, -0.2) is 19.9 Å². The minimum atomic E-state index is -0.584. The molecule has 0 saturated carbocycles. The second-order valence-corrected chi connectivity index (χ2v) is 5.53. The maximum absolute atomic E-state index is 11.0. The molecule has 0 aliphatic heterocycles. The number of ether oxygens (including phenoxy) is 1. The smallest absolute Gasteiger partial charge is 0.406 e. The number of aryl methyl sites for hydroxylation is 2. The van der Waals surface area contributed by atoms with Gasteiger partial charge in [0.25, 0.3) is 0 Å². The Kier molecular flexibility index (Phi) is 3.22. The molecule has 0 fully saturated rings. The van der Waals surface area contributed by atoms with Gasteiger partial charge >= 0.3 is 5.82 Å². The fourth-order valence-corrected chi connectivity index (χ4v) is 2.92. The van der Waals surface area contributed by atoms with Crippen LogP contribution in [-0.2, 0) is 0 Å².